The van der Waals surface area contributed by atoms with Crippen LogP contribution in [0.15, 0.2) is 24.3 Å². The highest BCUT2D eigenvalue weighted by Gasteiger charge is 2.20. The number of rotatable bonds is 3. The second-order valence-electron chi connectivity index (χ2n) is 6.30. The van der Waals surface area contributed by atoms with Crippen molar-refractivity contribution < 1.29 is 13.2 Å². The molecule has 0 bridgehead atoms. The molecule has 0 heterocycles. The molecule has 0 saturated heterocycles. The third-order valence-electron chi connectivity index (χ3n) is 4.03. The monoisotopic (exact) mass is 306 g/mol. The van der Waals surface area contributed by atoms with Crippen LogP contribution in [0.2, 0.25) is 0 Å². The molecule has 0 aliphatic heterocycles. The molecule has 0 amide bonds. The smallest absolute Gasteiger partial charge is 0.133 e. The summed E-state index contributed by atoms with van der Waals surface area (Å²) in [5.74, 6) is -1.56. The van der Waals surface area contributed by atoms with Crippen molar-refractivity contribution >= 4 is 0 Å². The maximum absolute atomic E-state index is 14.4. The predicted octanol–water partition coefficient (Wildman–Crippen LogP) is 6.33. The van der Waals surface area contributed by atoms with Crippen molar-refractivity contribution in [2.75, 3.05) is 0 Å². The zero-order valence-electron chi connectivity index (χ0n) is 13.6. The Morgan fingerprint density at radius 1 is 0.727 bits per heavy atom. The fraction of sp³-hybridized carbons (Fsp3) is 0.368. The first kappa shape index (κ1) is 16.6. The molecule has 0 aromatic heterocycles. The van der Waals surface area contributed by atoms with E-state index in [0.717, 1.165) is 11.6 Å². The quantitative estimate of drug-likeness (QED) is 0.622. The minimum atomic E-state index is -0.655. The van der Waals surface area contributed by atoms with Crippen LogP contribution in [-0.2, 0) is 0 Å². The van der Waals surface area contributed by atoms with E-state index in [1.54, 1.807) is 13.0 Å². The molecule has 0 aliphatic rings. The van der Waals surface area contributed by atoms with Crippen LogP contribution >= 0.6 is 0 Å². The van der Waals surface area contributed by atoms with Gasteiger partial charge in [-0.25, -0.2) is 13.2 Å². The largest absolute Gasteiger partial charge is 0.207 e. The summed E-state index contributed by atoms with van der Waals surface area (Å²) in [6.07, 6.45) is 0. The average Bonchev–Trinajstić information content (AvgIpc) is 2.41. The lowest BCUT2D eigenvalue weighted by atomic mass is 9.87. The maximum atomic E-state index is 14.4. The van der Waals surface area contributed by atoms with Crippen LogP contribution in [0.1, 0.15) is 56.2 Å². The summed E-state index contributed by atoms with van der Waals surface area (Å²) >= 11 is 0. The summed E-state index contributed by atoms with van der Waals surface area (Å²) in [4.78, 5) is 0. The summed E-state index contributed by atoms with van der Waals surface area (Å²) in [6.45, 7) is 9.28. The molecule has 0 spiro atoms. The molecule has 3 heteroatoms. The Bertz CT molecular complexity index is 700. The van der Waals surface area contributed by atoms with Crippen molar-refractivity contribution in [2.24, 2.45) is 0 Å². The first-order chi connectivity index (χ1) is 10.2. The van der Waals surface area contributed by atoms with Gasteiger partial charge in [0.15, 0.2) is 0 Å². The zero-order chi connectivity index (χ0) is 16.6. The van der Waals surface area contributed by atoms with Gasteiger partial charge in [0.1, 0.15) is 17.5 Å². The highest BCUT2D eigenvalue weighted by molar-refractivity contribution is 5.73. The van der Waals surface area contributed by atoms with Gasteiger partial charge in [0, 0.05) is 11.6 Å². The summed E-state index contributed by atoms with van der Waals surface area (Å²) in [5.41, 5.74) is 2.50. The van der Waals surface area contributed by atoms with E-state index in [0.29, 0.717) is 16.7 Å². The third-order valence-corrected chi connectivity index (χ3v) is 4.03. The van der Waals surface area contributed by atoms with Crippen LogP contribution < -0.4 is 0 Å². The van der Waals surface area contributed by atoms with Gasteiger partial charge in [-0.05, 0) is 53.1 Å². The van der Waals surface area contributed by atoms with E-state index < -0.39 is 11.6 Å². The minimum absolute atomic E-state index is 0.0734. The number of hydrogen-bond acceptors (Lipinski definition) is 0. The van der Waals surface area contributed by atoms with Crippen molar-refractivity contribution in [3.8, 4) is 11.1 Å². The topological polar surface area (TPSA) is 0 Å². The second-order valence-corrected chi connectivity index (χ2v) is 6.30. The van der Waals surface area contributed by atoms with Crippen LogP contribution in [0.3, 0.4) is 0 Å². The fourth-order valence-corrected chi connectivity index (χ4v) is 2.75. The van der Waals surface area contributed by atoms with Gasteiger partial charge in [0.25, 0.3) is 0 Å². The van der Waals surface area contributed by atoms with Crippen molar-refractivity contribution in [3.63, 3.8) is 0 Å². The van der Waals surface area contributed by atoms with Crippen LogP contribution in [-0.4, -0.2) is 0 Å². The van der Waals surface area contributed by atoms with Gasteiger partial charge in [-0.3, -0.25) is 0 Å². The molecule has 0 saturated carbocycles. The number of hydrogen-bond donors (Lipinski definition) is 0. The van der Waals surface area contributed by atoms with E-state index in [1.807, 2.05) is 27.7 Å². The molecule has 2 aromatic rings. The summed E-state index contributed by atoms with van der Waals surface area (Å²) < 4.78 is 42.3. The Morgan fingerprint density at radius 2 is 1.32 bits per heavy atom. The van der Waals surface area contributed by atoms with Gasteiger partial charge in [-0.1, -0.05) is 33.8 Å². The highest BCUT2D eigenvalue weighted by Crippen LogP contribution is 2.37. The molecule has 0 aliphatic carbocycles. The zero-order valence-corrected chi connectivity index (χ0v) is 13.6. The summed E-state index contributed by atoms with van der Waals surface area (Å²) in [5, 5.41) is 0. The number of benzene rings is 2. The Labute approximate surface area is 130 Å². The summed E-state index contributed by atoms with van der Waals surface area (Å²) in [7, 11) is 0. The van der Waals surface area contributed by atoms with Gasteiger partial charge in [0.2, 0.25) is 0 Å². The molecule has 2 rings (SSSR count). The van der Waals surface area contributed by atoms with Crippen molar-refractivity contribution in [1.29, 1.82) is 0 Å². The lowest BCUT2D eigenvalue weighted by Crippen LogP contribution is -2.02. The molecule has 118 valence electrons. The van der Waals surface area contributed by atoms with Crippen LogP contribution in [0.4, 0.5) is 13.2 Å². The van der Waals surface area contributed by atoms with E-state index in [9.17, 15) is 13.2 Å². The predicted molar refractivity (Wildman–Crippen MR) is 84.7 cm³/mol. The SMILES string of the molecule is Cc1c(F)ccc(C(C)C)c1-c1cc(C(C)C)c(F)cc1F. The molecular weight excluding hydrogens is 285 g/mol. The summed E-state index contributed by atoms with van der Waals surface area (Å²) in [6, 6.07) is 5.50. The standard InChI is InChI=1S/C19H21F3/c1-10(2)13-6-7-16(20)12(5)19(13)15-8-14(11(3)4)17(21)9-18(15)22/h6-11H,1-5H3. The van der Waals surface area contributed by atoms with E-state index in [-0.39, 0.29) is 23.2 Å². The van der Waals surface area contributed by atoms with Crippen LogP contribution in [0, 0.1) is 24.4 Å². The molecule has 0 nitrogen and oxygen atoms in total. The first-order valence-electron chi connectivity index (χ1n) is 7.52. The molecule has 22 heavy (non-hydrogen) atoms. The lowest BCUT2D eigenvalue weighted by Gasteiger charge is -2.19. The average molecular weight is 306 g/mol. The normalized spacial score (nSPS) is 11.5. The van der Waals surface area contributed by atoms with E-state index >= 15 is 0 Å². The van der Waals surface area contributed by atoms with E-state index in [1.165, 1.54) is 12.1 Å². The highest BCUT2D eigenvalue weighted by atomic mass is 19.1. The van der Waals surface area contributed by atoms with E-state index in [4.69, 9.17) is 0 Å². The Balaban J connectivity index is 2.82. The third kappa shape index (κ3) is 2.90. The minimum Gasteiger partial charge on any atom is -0.207 e. The van der Waals surface area contributed by atoms with Crippen molar-refractivity contribution in [3.05, 3.63) is 58.4 Å². The van der Waals surface area contributed by atoms with Gasteiger partial charge < -0.3 is 0 Å². The van der Waals surface area contributed by atoms with Gasteiger partial charge >= 0.3 is 0 Å². The molecule has 0 atom stereocenters. The molecular formula is C19H21F3. The van der Waals surface area contributed by atoms with Crippen LogP contribution in [0.5, 0.6) is 0 Å². The molecule has 0 N–H and O–H groups in total. The Kier molecular flexibility index (Phi) is 4.64. The molecule has 0 radical (unpaired) electrons. The van der Waals surface area contributed by atoms with Crippen molar-refractivity contribution in [2.45, 2.75) is 46.5 Å². The Hall–Kier alpha value is -1.77. The fourth-order valence-electron chi connectivity index (χ4n) is 2.75. The number of halogens is 3. The Morgan fingerprint density at radius 3 is 1.86 bits per heavy atom. The van der Waals surface area contributed by atoms with Gasteiger partial charge in [0.05, 0.1) is 0 Å². The van der Waals surface area contributed by atoms with Crippen molar-refractivity contribution in [1.82, 2.24) is 0 Å². The first-order valence-corrected chi connectivity index (χ1v) is 7.52. The molecule has 0 fully saturated rings. The van der Waals surface area contributed by atoms with Crippen LogP contribution in [0.25, 0.3) is 11.1 Å². The van der Waals surface area contributed by atoms with E-state index in [2.05, 4.69) is 0 Å². The van der Waals surface area contributed by atoms with Gasteiger partial charge in [-0.2, -0.15) is 0 Å². The maximum Gasteiger partial charge on any atom is 0.133 e. The van der Waals surface area contributed by atoms with Gasteiger partial charge in [-0.15, -0.1) is 0 Å². The second kappa shape index (κ2) is 6.15. The molecule has 0 unspecified atom stereocenters. The molecule has 2 aromatic carbocycles. The lowest BCUT2D eigenvalue weighted by molar-refractivity contribution is 0.566.